The SMILES string of the molecule is CC(=O)c1cccc(NC(=O)Nc2ccc3c(c2)N(S(C)(=O)=O)CC3)c1. The number of carbonyl (C=O) groups is 2. The number of Topliss-reactive ketones (excluding diaryl/α,β-unsaturated/α-hetero) is 1. The predicted octanol–water partition coefficient (Wildman–Crippen LogP) is 2.86. The summed E-state index contributed by atoms with van der Waals surface area (Å²) in [7, 11) is -3.35. The number of urea groups is 1. The Morgan fingerprint density at radius 2 is 1.73 bits per heavy atom. The van der Waals surface area contributed by atoms with E-state index in [0.29, 0.717) is 35.6 Å². The van der Waals surface area contributed by atoms with Gasteiger partial charge in [-0.25, -0.2) is 13.2 Å². The first kappa shape index (κ1) is 17.9. The van der Waals surface area contributed by atoms with Gasteiger partial charge in [0.1, 0.15) is 0 Å². The lowest BCUT2D eigenvalue weighted by molar-refractivity contribution is 0.101. The maximum absolute atomic E-state index is 12.2. The number of nitrogens with zero attached hydrogens (tertiary/aromatic N) is 1. The molecule has 8 heteroatoms. The molecule has 1 aliphatic heterocycles. The minimum Gasteiger partial charge on any atom is -0.308 e. The zero-order valence-electron chi connectivity index (χ0n) is 14.4. The van der Waals surface area contributed by atoms with Crippen LogP contribution >= 0.6 is 0 Å². The number of benzene rings is 2. The van der Waals surface area contributed by atoms with Gasteiger partial charge in [0.15, 0.2) is 5.78 Å². The Hall–Kier alpha value is -2.87. The summed E-state index contributed by atoms with van der Waals surface area (Å²) < 4.78 is 25.0. The molecule has 0 aliphatic carbocycles. The first-order valence-corrected chi connectivity index (χ1v) is 9.88. The highest BCUT2D eigenvalue weighted by atomic mass is 32.2. The van der Waals surface area contributed by atoms with Crippen LogP contribution in [0.2, 0.25) is 0 Å². The molecule has 0 unspecified atom stereocenters. The number of carbonyl (C=O) groups excluding carboxylic acids is 2. The van der Waals surface area contributed by atoms with Crippen LogP contribution in [-0.2, 0) is 16.4 Å². The van der Waals surface area contributed by atoms with Crippen LogP contribution in [0, 0.1) is 0 Å². The summed E-state index contributed by atoms with van der Waals surface area (Å²) in [6.45, 7) is 1.86. The van der Waals surface area contributed by atoms with Crippen LogP contribution in [0.15, 0.2) is 42.5 Å². The number of nitrogens with one attached hydrogen (secondary N) is 2. The molecule has 2 aromatic carbocycles. The van der Waals surface area contributed by atoms with Crippen LogP contribution < -0.4 is 14.9 Å². The summed E-state index contributed by atoms with van der Waals surface area (Å²) >= 11 is 0. The minimum absolute atomic E-state index is 0.0893. The zero-order chi connectivity index (χ0) is 18.9. The van der Waals surface area contributed by atoms with Crippen LogP contribution in [0.25, 0.3) is 0 Å². The molecule has 2 amide bonds. The molecule has 1 aliphatic rings. The average Bonchev–Trinajstić information content (AvgIpc) is 2.98. The second-order valence-corrected chi connectivity index (χ2v) is 8.05. The summed E-state index contributed by atoms with van der Waals surface area (Å²) in [4.78, 5) is 23.6. The van der Waals surface area contributed by atoms with Gasteiger partial charge >= 0.3 is 6.03 Å². The quantitative estimate of drug-likeness (QED) is 0.806. The molecule has 26 heavy (non-hydrogen) atoms. The van der Waals surface area contributed by atoms with Crippen molar-refractivity contribution < 1.29 is 18.0 Å². The maximum Gasteiger partial charge on any atom is 0.323 e. The molecule has 0 saturated carbocycles. The summed E-state index contributed by atoms with van der Waals surface area (Å²) in [6, 6.07) is 11.3. The largest absolute Gasteiger partial charge is 0.323 e. The smallest absolute Gasteiger partial charge is 0.308 e. The van der Waals surface area contributed by atoms with E-state index in [9.17, 15) is 18.0 Å². The van der Waals surface area contributed by atoms with E-state index in [2.05, 4.69) is 10.6 Å². The first-order valence-electron chi connectivity index (χ1n) is 8.04. The number of fused-ring (bicyclic) bond motifs is 1. The first-order chi connectivity index (χ1) is 12.2. The maximum atomic E-state index is 12.2. The van der Waals surface area contributed by atoms with Crippen molar-refractivity contribution in [3.8, 4) is 0 Å². The zero-order valence-corrected chi connectivity index (χ0v) is 15.3. The van der Waals surface area contributed by atoms with Gasteiger partial charge in [0.25, 0.3) is 0 Å². The fourth-order valence-corrected chi connectivity index (χ4v) is 3.83. The van der Waals surface area contributed by atoms with Gasteiger partial charge in [-0.3, -0.25) is 9.10 Å². The van der Waals surface area contributed by atoms with Crippen LogP contribution in [-0.4, -0.2) is 33.0 Å². The normalized spacial score (nSPS) is 13.2. The van der Waals surface area contributed by atoms with E-state index >= 15 is 0 Å². The lowest BCUT2D eigenvalue weighted by atomic mass is 10.1. The molecular weight excluding hydrogens is 354 g/mol. The summed E-state index contributed by atoms with van der Waals surface area (Å²) in [5, 5.41) is 5.35. The topological polar surface area (TPSA) is 95.6 Å². The molecule has 0 radical (unpaired) electrons. The molecule has 0 aromatic heterocycles. The van der Waals surface area contributed by atoms with Gasteiger partial charge in [0, 0.05) is 23.5 Å². The number of hydrogen-bond acceptors (Lipinski definition) is 4. The van der Waals surface area contributed by atoms with E-state index in [-0.39, 0.29) is 5.78 Å². The molecule has 0 bridgehead atoms. The number of ketones is 1. The number of sulfonamides is 1. The highest BCUT2D eigenvalue weighted by Gasteiger charge is 2.26. The number of rotatable bonds is 4. The van der Waals surface area contributed by atoms with Crippen molar-refractivity contribution in [3.05, 3.63) is 53.6 Å². The van der Waals surface area contributed by atoms with Gasteiger partial charge in [-0.15, -0.1) is 0 Å². The van der Waals surface area contributed by atoms with Crippen molar-refractivity contribution in [1.29, 1.82) is 0 Å². The molecule has 1 heterocycles. The summed E-state index contributed by atoms with van der Waals surface area (Å²) in [5.41, 5.74) is 3.00. The third-order valence-corrected chi connectivity index (χ3v) is 5.30. The van der Waals surface area contributed by atoms with Crippen molar-refractivity contribution in [3.63, 3.8) is 0 Å². The summed E-state index contributed by atoms with van der Waals surface area (Å²) in [6.07, 6.45) is 1.81. The highest BCUT2D eigenvalue weighted by Crippen LogP contribution is 2.32. The molecule has 7 nitrogen and oxygen atoms in total. The number of hydrogen-bond donors (Lipinski definition) is 2. The third kappa shape index (κ3) is 3.85. The molecule has 0 spiro atoms. The van der Waals surface area contributed by atoms with Gasteiger partial charge in [-0.1, -0.05) is 18.2 Å². The minimum atomic E-state index is -3.35. The van der Waals surface area contributed by atoms with Crippen LogP contribution in [0.5, 0.6) is 0 Å². The van der Waals surface area contributed by atoms with Gasteiger partial charge in [-0.2, -0.15) is 0 Å². The Balaban J connectivity index is 1.75. The molecular formula is C18H19N3O4S. The highest BCUT2D eigenvalue weighted by molar-refractivity contribution is 7.92. The van der Waals surface area contributed by atoms with E-state index in [1.165, 1.54) is 11.2 Å². The van der Waals surface area contributed by atoms with Crippen molar-refractivity contribution >= 4 is 38.9 Å². The van der Waals surface area contributed by atoms with E-state index in [4.69, 9.17) is 0 Å². The lowest BCUT2D eigenvalue weighted by Crippen LogP contribution is -2.27. The van der Waals surface area contributed by atoms with E-state index in [1.807, 2.05) is 6.07 Å². The third-order valence-electron chi connectivity index (χ3n) is 4.12. The Morgan fingerprint density at radius 3 is 2.38 bits per heavy atom. The van der Waals surface area contributed by atoms with Crippen molar-refractivity contribution in [2.45, 2.75) is 13.3 Å². The average molecular weight is 373 g/mol. The Labute approximate surface area is 152 Å². The van der Waals surface area contributed by atoms with Gasteiger partial charge < -0.3 is 10.6 Å². The summed E-state index contributed by atoms with van der Waals surface area (Å²) in [5.74, 6) is -0.0893. The number of anilines is 3. The van der Waals surface area contributed by atoms with Gasteiger partial charge in [-0.05, 0) is 43.2 Å². The van der Waals surface area contributed by atoms with Crippen molar-refractivity contribution in [1.82, 2.24) is 0 Å². The molecule has 136 valence electrons. The lowest BCUT2D eigenvalue weighted by Gasteiger charge is -2.17. The Bertz CT molecular complexity index is 986. The fraction of sp³-hybridized carbons (Fsp3) is 0.222. The van der Waals surface area contributed by atoms with Gasteiger partial charge in [0.2, 0.25) is 10.0 Å². The van der Waals surface area contributed by atoms with E-state index in [1.54, 1.807) is 36.4 Å². The van der Waals surface area contributed by atoms with E-state index < -0.39 is 16.1 Å². The Morgan fingerprint density at radius 1 is 1.04 bits per heavy atom. The van der Waals surface area contributed by atoms with Crippen LogP contribution in [0.3, 0.4) is 0 Å². The molecule has 2 aromatic rings. The van der Waals surface area contributed by atoms with Crippen LogP contribution in [0.4, 0.5) is 21.9 Å². The number of amides is 2. The van der Waals surface area contributed by atoms with Gasteiger partial charge in [0.05, 0.1) is 11.9 Å². The molecule has 2 N–H and O–H groups in total. The molecule has 3 rings (SSSR count). The Kier molecular flexibility index (Phi) is 4.69. The second-order valence-electron chi connectivity index (χ2n) is 6.14. The van der Waals surface area contributed by atoms with Crippen molar-refractivity contribution in [2.24, 2.45) is 0 Å². The second kappa shape index (κ2) is 6.80. The van der Waals surface area contributed by atoms with Crippen molar-refractivity contribution in [2.75, 3.05) is 27.7 Å². The molecule has 0 fully saturated rings. The standard InChI is InChI=1S/C18H19N3O4S/c1-12(22)14-4-3-5-15(10-14)19-18(23)20-16-7-6-13-8-9-21(17(13)11-16)26(2,24)25/h3-7,10-11H,8-9H2,1-2H3,(H2,19,20,23). The monoisotopic (exact) mass is 373 g/mol. The fourth-order valence-electron chi connectivity index (χ4n) is 2.88. The molecule has 0 saturated heterocycles. The predicted molar refractivity (Wildman–Crippen MR) is 101 cm³/mol. The molecule has 0 atom stereocenters. The van der Waals surface area contributed by atoms with Crippen LogP contribution in [0.1, 0.15) is 22.8 Å². The van der Waals surface area contributed by atoms with E-state index in [0.717, 1.165) is 11.8 Å².